The molecular formula is C75H64O19. The average Bonchev–Trinajstić information content (AvgIpc) is 0.760. The highest BCUT2D eigenvalue weighted by molar-refractivity contribution is 5.92. The molecule has 19 heteroatoms. The van der Waals surface area contributed by atoms with Gasteiger partial charge in [-0.2, -0.15) is 0 Å². The van der Waals surface area contributed by atoms with Crippen LogP contribution >= 0.6 is 0 Å². The number of rotatable bonds is 23. The summed E-state index contributed by atoms with van der Waals surface area (Å²) >= 11 is 0. The first kappa shape index (κ1) is 64.7. The maximum atomic E-state index is 15.0. The van der Waals surface area contributed by atoms with Crippen LogP contribution in [0.4, 0.5) is 0 Å². The summed E-state index contributed by atoms with van der Waals surface area (Å²) in [5.41, 5.74) is 0.374. The number of hydrogen-bond acceptors (Lipinski definition) is 19. The lowest BCUT2D eigenvalue weighted by Crippen LogP contribution is -2.67. The Hall–Kier alpha value is -10.8. The molecule has 9 aromatic carbocycles. The second-order valence-corrected chi connectivity index (χ2v) is 21.7. The van der Waals surface area contributed by atoms with Crippen molar-refractivity contribution in [1.82, 2.24) is 0 Å². The predicted molar refractivity (Wildman–Crippen MR) is 338 cm³/mol. The van der Waals surface area contributed by atoms with E-state index in [1.54, 1.807) is 133 Å². The Kier molecular flexibility index (Phi) is 21.0. The first-order valence-corrected chi connectivity index (χ1v) is 30.1. The topological polar surface area (TPSA) is 233 Å². The standard InChI is InChI=1S/C75H64O19/c1-83-57-42-38-55(39-43-57)75(54-36-22-9-23-37-54,56-40-44-58(84-2)45-41-56)86-47-60-61(89-68(77)49-26-12-4-13-27-49)64(91-70(79)51-30-16-6-17-31-51)66(93-72(81)53-34-20-8-21-35-53)74(88-60)94-62-59(46-85-67(76)48-24-10-3-11-25-48)87-73(82)65(92-71(80)52-32-18-7-19-33-52)63(62)90-69(78)50-28-14-5-15-29-50/h3-45,59-66,73-74,82H,46-47H2,1-2H3/t59-,60-,61+,62-,63+,64+,65+,66-,73+,74+/m1/s1. The van der Waals surface area contributed by atoms with Crippen molar-refractivity contribution in [2.75, 3.05) is 27.4 Å². The molecule has 19 nitrogen and oxygen atoms in total. The van der Waals surface area contributed by atoms with Crippen LogP contribution in [0.5, 0.6) is 11.5 Å². The van der Waals surface area contributed by atoms with E-state index in [1.165, 1.54) is 87.0 Å². The van der Waals surface area contributed by atoms with Gasteiger partial charge in [0.25, 0.3) is 0 Å². The van der Waals surface area contributed by atoms with Crippen LogP contribution in [-0.4, -0.2) is 130 Å². The highest BCUT2D eigenvalue weighted by Gasteiger charge is 2.58. The summed E-state index contributed by atoms with van der Waals surface area (Å²) in [6.07, 6.45) is -19.1. The molecule has 1 N–H and O–H groups in total. The molecule has 0 bridgehead atoms. The maximum Gasteiger partial charge on any atom is 0.338 e. The van der Waals surface area contributed by atoms with Crippen LogP contribution in [0.1, 0.15) is 78.8 Å². The fraction of sp³-hybridized carbons (Fsp3) is 0.200. The van der Waals surface area contributed by atoms with Gasteiger partial charge in [0.2, 0.25) is 0 Å². The van der Waals surface area contributed by atoms with E-state index in [-0.39, 0.29) is 33.4 Å². The number of methoxy groups -OCH3 is 2. The summed E-state index contributed by atoms with van der Waals surface area (Å²) in [5.74, 6) is -4.72. The Labute approximate surface area is 541 Å². The molecule has 0 aliphatic carbocycles. The molecule has 94 heavy (non-hydrogen) atoms. The van der Waals surface area contributed by atoms with Gasteiger partial charge in [0.1, 0.15) is 42.0 Å². The number of esters is 6. The van der Waals surface area contributed by atoms with Gasteiger partial charge in [-0.25, -0.2) is 28.8 Å². The van der Waals surface area contributed by atoms with Gasteiger partial charge in [0.05, 0.1) is 54.2 Å². The van der Waals surface area contributed by atoms with E-state index in [0.29, 0.717) is 28.2 Å². The smallest absolute Gasteiger partial charge is 0.338 e. The van der Waals surface area contributed by atoms with E-state index in [9.17, 15) is 33.9 Å². The number of aliphatic hydroxyl groups is 1. The average molecular weight is 1270 g/mol. The number of hydrogen-bond donors (Lipinski definition) is 1. The van der Waals surface area contributed by atoms with E-state index < -0.39 is 116 Å². The van der Waals surface area contributed by atoms with Crippen molar-refractivity contribution in [3.05, 3.63) is 311 Å². The normalized spacial score (nSPS) is 20.8. The number of benzene rings is 9. The van der Waals surface area contributed by atoms with Crippen LogP contribution in [0, 0.1) is 0 Å². The summed E-state index contributed by atoms with van der Waals surface area (Å²) in [6, 6.07) is 70.6. The molecule has 10 atom stereocenters. The zero-order valence-corrected chi connectivity index (χ0v) is 50.8. The number of carbonyl (C=O) groups excluding carboxylic acids is 6. The van der Waals surface area contributed by atoms with Crippen LogP contribution in [0.15, 0.2) is 261 Å². The fourth-order valence-electron chi connectivity index (χ4n) is 11.1. The lowest BCUT2D eigenvalue weighted by Gasteiger charge is -2.49. The first-order valence-electron chi connectivity index (χ1n) is 30.1. The van der Waals surface area contributed by atoms with Gasteiger partial charge in [0.15, 0.2) is 43.1 Å². The van der Waals surface area contributed by atoms with Crippen LogP contribution < -0.4 is 9.47 Å². The quantitative estimate of drug-likeness (QED) is 0.0356. The summed E-state index contributed by atoms with van der Waals surface area (Å²) in [5, 5.41) is 12.2. The van der Waals surface area contributed by atoms with Crippen LogP contribution in [0.2, 0.25) is 0 Å². The van der Waals surface area contributed by atoms with Crippen molar-refractivity contribution in [2.24, 2.45) is 0 Å². The Morgan fingerprint density at radius 2 is 0.649 bits per heavy atom. The van der Waals surface area contributed by atoms with Crippen molar-refractivity contribution in [2.45, 2.75) is 67.0 Å². The molecule has 2 aliphatic heterocycles. The fourth-order valence-corrected chi connectivity index (χ4v) is 11.1. The minimum absolute atomic E-state index is 0.00156. The monoisotopic (exact) mass is 1270 g/mol. The Bertz CT molecular complexity index is 3910. The lowest BCUT2D eigenvalue weighted by molar-refractivity contribution is -0.353. The molecule has 9 aromatic rings. The maximum absolute atomic E-state index is 15.0. The Morgan fingerprint density at radius 3 is 1.03 bits per heavy atom. The highest BCUT2D eigenvalue weighted by Crippen LogP contribution is 2.44. The number of carbonyl (C=O) groups is 6. The van der Waals surface area contributed by atoms with Gasteiger partial charge in [-0.1, -0.05) is 164 Å². The zero-order valence-electron chi connectivity index (χ0n) is 50.8. The molecule has 0 unspecified atom stereocenters. The van der Waals surface area contributed by atoms with Crippen molar-refractivity contribution < 1.29 is 90.7 Å². The highest BCUT2D eigenvalue weighted by atomic mass is 16.8. The summed E-state index contributed by atoms with van der Waals surface area (Å²) in [4.78, 5) is 87.6. The summed E-state index contributed by atoms with van der Waals surface area (Å²) in [7, 11) is 3.07. The zero-order chi connectivity index (χ0) is 65.4. The second-order valence-electron chi connectivity index (χ2n) is 21.7. The lowest BCUT2D eigenvalue weighted by atomic mass is 9.80. The SMILES string of the molecule is COc1ccc(C(OC[C@H]2O[C@@H](O[C@H]3[C@H](OC(=O)c4ccccc4)[C@H](OC(=O)c4ccccc4)[C@@H](O)O[C@@H]3COC(=O)c3ccccc3)[C@H](OC(=O)c3ccccc3)[C@@H](OC(=O)c3ccccc3)[C@H]2OC(=O)c2ccccc2)(c2ccccc2)c2ccc(OC)cc2)cc1. The van der Waals surface area contributed by atoms with Crippen molar-refractivity contribution in [3.63, 3.8) is 0 Å². The molecule has 0 amide bonds. The molecule has 2 aliphatic rings. The van der Waals surface area contributed by atoms with Gasteiger partial charge in [-0.15, -0.1) is 0 Å². The third-order valence-electron chi connectivity index (χ3n) is 15.8. The molecule has 0 aromatic heterocycles. The van der Waals surface area contributed by atoms with Crippen molar-refractivity contribution in [3.8, 4) is 11.5 Å². The van der Waals surface area contributed by atoms with Crippen LogP contribution in [0.3, 0.4) is 0 Å². The van der Waals surface area contributed by atoms with E-state index >= 15 is 0 Å². The third-order valence-corrected chi connectivity index (χ3v) is 15.8. The minimum Gasteiger partial charge on any atom is -0.497 e. The first-order chi connectivity index (χ1) is 45.9. The van der Waals surface area contributed by atoms with Gasteiger partial charge in [-0.05, 0) is 114 Å². The molecule has 0 spiro atoms. The third kappa shape index (κ3) is 15.1. The molecule has 478 valence electrons. The van der Waals surface area contributed by atoms with Crippen LogP contribution in [0.25, 0.3) is 0 Å². The van der Waals surface area contributed by atoms with Gasteiger partial charge >= 0.3 is 35.8 Å². The van der Waals surface area contributed by atoms with Gasteiger partial charge < -0.3 is 61.9 Å². The number of ether oxygens (including phenoxy) is 12. The molecule has 2 heterocycles. The second kappa shape index (κ2) is 30.5. The molecule has 0 radical (unpaired) electrons. The Morgan fingerprint density at radius 1 is 0.340 bits per heavy atom. The summed E-state index contributed by atoms with van der Waals surface area (Å²) in [6.45, 7) is -1.35. The molecule has 2 saturated heterocycles. The van der Waals surface area contributed by atoms with Crippen molar-refractivity contribution >= 4 is 35.8 Å². The molecule has 11 rings (SSSR count). The molecule has 0 saturated carbocycles. The molecular weight excluding hydrogens is 1200 g/mol. The van der Waals surface area contributed by atoms with Crippen LogP contribution in [-0.2, 0) is 53.0 Å². The van der Waals surface area contributed by atoms with E-state index in [4.69, 9.17) is 56.8 Å². The molecule has 2 fully saturated rings. The Balaban J connectivity index is 1.11. The predicted octanol–water partition coefficient (Wildman–Crippen LogP) is 10.8. The van der Waals surface area contributed by atoms with Crippen molar-refractivity contribution in [1.29, 1.82) is 0 Å². The van der Waals surface area contributed by atoms with Gasteiger partial charge in [0, 0.05) is 0 Å². The number of aliphatic hydroxyl groups excluding tert-OH is 1. The van der Waals surface area contributed by atoms with E-state index in [2.05, 4.69) is 0 Å². The van der Waals surface area contributed by atoms with E-state index in [1.807, 2.05) is 54.6 Å². The minimum atomic E-state index is -2.13. The summed E-state index contributed by atoms with van der Waals surface area (Å²) < 4.78 is 77.3. The van der Waals surface area contributed by atoms with Gasteiger partial charge in [-0.3, -0.25) is 0 Å². The van der Waals surface area contributed by atoms with E-state index in [0.717, 1.165) is 0 Å². The largest absolute Gasteiger partial charge is 0.497 e.